The highest BCUT2D eigenvalue weighted by molar-refractivity contribution is 5.95. The van der Waals surface area contributed by atoms with Crippen LogP contribution in [0.25, 0.3) is 22.4 Å². The van der Waals surface area contributed by atoms with Crippen LogP contribution in [-0.2, 0) is 19.1 Å². The third-order valence-electron chi connectivity index (χ3n) is 10.1. The number of benzene rings is 2. The predicted molar refractivity (Wildman–Crippen MR) is 199 cm³/mol. The Morgan fingerprint density at radius 1 is 0.736 bits per heavy atom. The summed E-state index contributed by atoms with van der Waals surface area (Å²) in [7, 11) is 2.53. The van der Waals surface area contributed by atoms with Crippen LogP contribution < -0.4 is 21.3 Å². The summed E-state index contributed by atoms with van der Waals surface area (Å²) < 4.78 is 9.41. The molecule has 1 saturated heterocycles. The minimum absolute atomic E-state index is 0.115. The second-order valence-corrected chi connectivity index (χ2v) is 14.4. The molecule has 14 nitrogen and oxygen atoms in total. The number of imidazole rings is 1. The lowest BCUT2D eigenvalue weighted by atomic mass is 10.0. The second-order valence-electron chi connectivity index (χ2n) is 14.4. The number of hydrogen-bond acceptors (Lipinski definition) is 8. The molecule has 2 aliphatic rings. The summed E-state index contributed by atoms with van der Waals surface area (Å²) in [6, 6.07) is 13.2. The van der Waals surface area contributed by atoms with Crippen LogP contribution in [-0.4, -0.2) is 89.7 Å². The van der Waals surface area contributed by atoms with E-state index in [0.29, 0.717) is 17.9 Å². The van der Waals surface area contributed by atoms with Crippen LogP contribution in [0.15, 0.2) is 54.7 Å². The molecule has 5 atom stereocenters. The molecule has 1 aliphatic heterocycles. The summed E-state index contributed by atoms with van der Waals surface area (Å²) in [6.07, 6.45) is 4.38. The maximum Gasteiger partial charge on any atom is 0.407 e. The highest BCUT2D eigenvalue weighted by atomic mass is 16.5. The number of likely N-dealkylation sites (tertiary alicyclic amines) is 1. The molecule has 1 aromatic heterocycles. The second kappa shape index (κ2) is 17.4. The molecule has 5 N–H and O–H groups in total. The van der Waals surface area contributed by atoms with Crippen molar-refractivity contribution in [3.8, 4) is 22.4 Å². The number of aromatic nitrogens is 2. The Morgan fingerprint density at radius 3 is 1.87 bits per heavy atom. The van der Waals surface area contributed by atoms with Crippen molar-refractivity contribution in [2.45, 2.75) is 90.0 Å². The molecule has 284 valence electrons. The number of alkyl carbamates (subject to hydrolysis) is 2. The fraction of sp³-hybridized carbons (Fsp3) is 0.487. The van der Waals surface area contributed by atoms with Gasteiger partial charge in [-0.3, -0.25) is 14.4 Å². The van der Waals surface area contributed by atoms with Crippen molar-refractivity contribution < 1.29 is 33.4 Å². The van der Waals surface area contributed by atoms with Crippen LogP contribution in [0.5, 0.6) is 0 Å². The van der Waals surface area contributed by atoms with Crippen molar-refractivity contribution in [3.63, 3.8) is 0 Å². The Bertz CT molecular complexity index is 1760. The Balaban J connectivity index is 1.19. The zero-order chi connectivity index (χ0) is 38.2. The van der Waals surface area contributed by atoms with Gasteiger partial charge in [-0.25, -0.2) is 14.6 Å². The molecule has 0 bridgehead atoms. The molecule has 2 fully saturated rings. The van der Waals surface area contributed by atoms with Gasteiger partial charge in [-0.2, -0.15) is 0 Å². The van der Waals surface area contributed by atoms with Crippen LogP contribution in [0.3, 0.4) is 0 Å². The van der Waals surface area contributed by atoms with Crippen molar-refractivity contribution in [3.05, 3.63) is 66.1 Å². The largest absolute Gasteiger partial charge is 0.453 e. The lowest BCUT2D eigenvalue weighted by Gasteiger charge is -2.30. The van der Waals surface area contributed by atoms with Crippen LogP contribution in [0.4, 0.5) is 9.59 Å². The third kappa shape index (κ3) is 9.34. The number of methoxy groups -OCH3 is 2. The van der Waals surface area contributed by atoms with E-state index in [1.165, 1.54) is 14.2 Å². The minimum atomic E-state index is -0.750. The molecule has 0 unspecified atom stereocenters. The van der Waals surface area contributed by atoms with Crippen molar-refractivity contribution >= 4 is 29.9 Å². The van der Waals surface area contributed by atoms with Gasteiger partial charge in [0.2, 0.25) is 11.8 Å². The number of hydrogen-bond donors (Lipinski definition) is 5. The first-order valence-electron chi connectivity index (χ1n) is 18.3. The molecule has 1 aliphatic carbocycles. The summed E-state index contributed by atoms with van der Waals surface area (Å²) in [6.45, 7) is 8.04. The first-order valence-corrected chi connectivity index (χ1v) is 18.3. The van der Waals surface area contributed by atoms with Gasteiger partial charge in [0.15, 0.2) is 0 Å². The zero-order valence-corrected chi connectivity index (χ0v) is 31.2. The average Bonchev–Trinajstić information content (AvgIpc) is 3.94. The van der Waals surface area contributed by atoms with Gasteiger partial charge < -0.3 is 40.6 Å². The fourth-order valence-electron chi connectivity index (χ4n) is 7.05. The van der Waals surface area contributed by atoms with E-state index in [4.69, 9.17) is 4.74 Å². The predicted octanol–water partition coefficient (Wildman–Crippen LogP) is 4.94. The monoisotopic (exact) mass is 729 g/mol. The van der Waals surface area contributed by atoms with Crippen LogP contribution in [0.1, 0.15) is 82.0 Å². The standard InChI is InChI=1S/C39H51N7O7/c1-22(2)32(44-38(50)52-5)36(48)43-29-10-7-9-28(29)42-35(47)27-18-14-25(15-19-27)24-12-16-26(17-13-24)30-21-40-34(41-30)31-11-8-20-46(31)37(49)33(23(3)4)45-39(51)53-6/h12-19,21-23,28-29,31-33H,7-11,20H2,1-6H3,(H,40,41)(H,42,47)(H,43,48)(H,44,50)(H,45,51)/t28-,29-,31+,32+,33+/m1/s1. The molecular weight excluding hydrogens is 678 g/mol. The normalized spacial score (nSPS) is 19.4. The SMILES string of the molecule is COC(=O)N[C@H](C(=O)N[C@@H]1CCC[C@H]1NC(=O)c1ccc(-c2ccc(-c3cnc([C@@H]4CCCN4C(=O)[C@@H](NC(=O)OC)C(C)C)[nH]3)cc2)cc1)C(C)C. The van der Waals surface area contributed by atoms with Gasteiger partial charge in [-0.05, 0) is 72.8 Å². The maximum atomic E-state index is 13.5. The zero-order valence-electron chi connectivity index (χ0n) is 31.2. The number of amides is 5. The lowest BCUT2D eigenvalue weighted by molar-refractivity contribution is -0.135. The Morgan fingerprint density at radius 2 is 1.28 bits per heavy atom. The Kier molecular flexibility index (Phi) is 12.8. The summed E-state index contributed by atoms with van der Waals surface area (Å²) in [5, 5.41) is 11.4. The summed E-state index contributed by atoms with van der Waals surface area (Å²) in [5.41, 5.74) is 4.20. The first kappa shape index (κ1) is 38.8. The fourth-order valence-corrected chi connectivity index (χ4v) is 7.05. The minimum Gasteiger partial charge on any atom is -0.453 e. The van der Waals surface area contributed by atoms with Crippen LogP contribution in [0.2, 0.25) is 0 Å². The van der Waals surface area contributed by atoms with E-state index in [9.17, 15) is 24.0 Å². The number of carbonyl (C=O) groups is 5. The number of rotatable bonds is 12. The van der Waals surface area contributed by atoms with Crippen molar-refractivity contribution in [1.82, 2.24) is 36.1 Å². The van der Waals surface area contributed by atoms with Gasteiger partial charge in [0.25, 0.3) is 5.91 Å². The molecule has 0 spiro atoms. The van der Waals surface area contributed by atoms with Gasteiger partial charge in [0, 0.05) is 24.2 Å². The number of aromatic amines is 1. The highest BCUT2D eigenvalue weighted by Gasteiger charge is 2.38. The van der Waals surface area contributed by atoms with Gasteiger partial charge in [0.05, 0.1) is 32.2 Å². The van der Waals surface area contributed by atoms with E-state index in [1.54, 1.807) is 23.2 Å². The van der Waals surface area contributed by atoms with E-state index in [2.05, 4.69) is 36.0 Å². The molecular formula is C39H51N7O7. The summed E-state index contributed by atoms with van der Waals surface area (Å²) in [5.74, 6) is -0.245. The summed E-state index contributed by atoms with van der Waals surface area (Å²) >= 11 is 0. The topological polar surface area (TPSA) is 184 Å². The van der Waals surface area contributed by atoms with Crippen molar-refractivity contribution in [1.29, 1.82) is 0 Å². The maximum absolute atomic E-state index is 13.5. The lowest BCUT2D eigenvalue weighted by Crippen LogP contribution is -2.55. The molecule has 5 rings (SSSR count). The highest BCUT2D eigenvalue weighted by Crippen LogP contribution is 2.33. The molecule has 2 aromatic carbocycles. The van der Waals surface area contributed by atoms with E-state index >= 15 is 0 Å². The number of nitrogens with one attached hydrogen (secondary N) is 5. The first-order chi connectivity index (χ1) is 25.4. The summed E-state index contributed by atoms with van der Waals surface area (Å²) in [4.78, 5) is 73.2. The number of H-pyrrole nitrogens is 1. The quantitative estimate of drug-likeness (QED) is 0.174. The van der Waals surface area contributed by atoms with Crippen LogP contribution >= 0.6 is 0 Å². The Hall–Kier alpha value is -5.40. The van der Waals surface area contributed by atoms with E-state index in [0.717, 1.165) is 54.5 Å². The van der Waals surface area contributed by atoms with Crippen LogP contribution in [0, 0.1) is 11.8 Å². The molecule has 5 amide bonds. The van der Waals surface area contributed by atoms with Crippen molar-refractivity contribution in [2.24, 2.45) is 11.8 Å². The Labute approximate surface area is 310 Å². The molecule has 0 radical (unpaired) electrons. The van der Waals surface area contributed by atoms with E-state index in [-0.39, 0.29) is 47.7 Å². The van der Waals surface area contributed by atoms with Gasteiger partial charge >= 0.3 is 12.2 Å². The smallest absolute Gasteiger partial charge is 0.407 e. The number of ether oxygens (including phenoxy) is 2. The molecule has 2 heterocycles. The molecule has 3 aromatic rings. The third-order valence-corrected chi connectivity index (χ3v) is 10.1. The molecule has 53 heavy (non-hydrogen) atoms. The van der Waals surface area contributed by atoms with Gasteiger partial charge in [-0.1, -0.05) is 64.1 Å². The molecule has 14 heteroatoms. The van der Waals surface area contributed by atoms with Gasteiger partial charge in [0.1, 0.15) is 17.9 Å². The average molecular weight is 730 g/mol. The van der Waals surface area contributed by atoms with E-state index < -0.39 is 24.3 Å². The van der Waals surface area contributed by atoms with Gasteiger partial charge in [-0.15, -0.1) is 0 Å². The van der Waals surface area contributed by atoms with E-state index in [1.807, 2.05) is 64.1 Å². The number of carbonyl (C=O) groups excluding carboxylic acids is 5. The molecule has 1 saturated carbocycles. The van der Waals surface area contributed by atoms with Crippen molar-refractivity contribution in [2.75, 3.05) is 20.8 Å². The number of nitrogens with zero attached hydrogens (tertiary/aromatic N) is 2.